The van der Waals surface area contributed by atoms with Gasteiger partial charge in [0.2, 0.25) is 0 Å². The van der Waals surface area contributed by atoms with Crippen molar-refractivity contribution in [2.24, 2.45) is 0 Å². The van der Waals surface area contributed by atoms with Crippen LogP contribution in [0.1, 0.15) is 45.4 Å². The normalized spacial score (nSPS) is 12.5. The summed E-state index contributed by atoms with van der Waals surface area (Å²) in [6.07, 6.45) is 1.07. The molecule has 0 fully saturated rings. The third kappa shape index (κ3) is 3.19. The maximum absolute atomic E-state index is 6.09. The van der Waals surface area contributed by atoms with E-state index in [-0.39, 0.29) is 5.41 Å². The minimum atomic E-state index is 0.0628. The average Bonchev–Trinajstić information content (AvgIpc) is 2.74. The Morgan fingerprint density at radius 2 is 2.00 bits per heavy atom. The van der Waals surface area contributed by atoms with Crippen LogP contribution < -0.4 is 5.32 Å². The molecule has 2 nitrogen and oxygen atoms in total. The Balaban J connectivity index is 2.20. The van der Waals surface area contributed by atoms with Crippen LogP contribution in [0.3, 0.4) is 0 Å². The van der Waals surface area contributed by atoms with E-state index in [1.807, 2.05) is 0 Å². The second-order valence-electron chi connectivity index (χ2n) is 6.35. The summed E-state index contributed by atoms with van der Waals surface area (Å²) in [5, 5.41) is 4.68. The molecule has 0 bridgehead atoms. The average molecular weight is 259 g/mol. The van der Waals surface area contributed by atoms with Gasteiger partial charge in [-0.15, -0.1) is 0 Å². The van der Waals surface area contributed by atoms with Gasteiger partial charge in [0.25, 0.3) is 0 Å². The zero-order valence-corrected chi connectivity index (χ0v) is 12.7. The first-order valence-corrected chi connectivity index (χ1v) is 7.13. The number of fused-ring (bicyclic) bond motifs is 1. The van der Waals surface area contributed by atoms with Crippen LogP contribution in [0.5, 0.6) is 0 Å². The lowest BCUT2D eigenvalue weighted by atomic mass is 9.86. The fourth-order valence-corrected chi connectivity index (χ4v) is 2.34. The Morgan fingerprint density at radius 1 is 1.26 bits per heavy atom. The summed E-state index contributed by atoms with van der Waals surface area (Å²) in [7, 11) is 0. The molecule has 1 aromatic heterocycles. The molecule has 2 aromatic rings. The molecule has 0 radical (unpaired) electrons. The second-order valence-corrected chi connectivity index (χ2v) is 6.35. The molecule has 0 saturated heterocycles. The highest BCUT2D eigenvalue weighted by molar-refractivity contribution is 5.81. The van der Waals surface area contributed by atoms with Gasteiger partial charge < -0.3 is 9.73 Å². The van der Waals surface area contributed by atoms with Gasteiger partial charge in [-0.05, 0) is 31.5 Å². The molecular formula is C17H25NO. The van der Waals surface area contributed by atoms with E-state index in [0.29, 0.717) is 6.04 Å². The largest absolute Gasteiger partial charge is 0.460 e. The van der Waals surface area contributed by atoms with Crippen LogP contribution in [0.4, 0.5) is 0 Å². The summed E-state index contributed by atoms with van der Waals surface area (Å²) >= 11 is 0. The highest BCUT2D eigenvalue weighted by atomic mass is 16.3. The molecule has 104 valence electrons. The fraction of sp³-hybridized carbons (Fsp3) is 0.529. The molecule has 0 aliphatic heterocycles. The molecule has 2 rings (SSSR count). The van der Waals surface area contributed by atoms with E-state index < -0.39 is 0 Å². The van der Waals surface area contributed by atoms with Crippen molar-refractivity contribution >= 4 is 11.0 Å². The molecule has 0 unspecified atom stereocenters. The van der Waals surface area contributed by atoms with Crippen LogP contribution in [0.15, 0.2) is 28.7 Å². The van der Waals surface area contributed by atoms with Crippen molar-refractivity contribution in [2.75, 3.05) is 6.54 Å². The van der Waals surface area contributed by atoms with E-state index in [4.69, 9.17) is 4.42 Å². The number of nitrogens with one attached hydrogen (secondary N) is 1. The van der Waals surface area contributed by atoms with E-state index in [2.05, 4.69) is 64.2 Å². The van der Waals surface area contributed by atoms with Crippen LogP contribution in [-0.4, -0.2) is 12.6 Å². The summed E-state index contributed by atoms with van der Waals surface area (Å²) in [4.78, 5) is 0. The van der Waals surface area contributed by atoms with Crippen LogP contribution in [-0.2, 0) is 5.41 Å². The van der Waals surface area contributed by atoms with Gasteiger partial charge in [-0.3, -0.25) is 0 Å². The molecule has 1 N–H and O–H groups in total. The van der Waals surface area contributed by atoms with Gasteiger partial charge in [-0.25, -0.2) is 0 Å². The number of rotatable bonds is 5. The van der Waals surface area contributed by atoms with Crippen LogP contribution in [0.2, 0.25) is 0 Å². The summed E-state index contributed by atoms with van der Waals surface area (Å²) in [5.74, 6) is 1.09. The molecule has 0 saturated carbocycles. The molecule has 2 heteroatoms. The predicted octanol–water partition coefficient (Wildman–Crippen LogP) is 4.41. The van der Waals surface area contributed by atoms with Crippen LogP contribution >= 0.6 is 0 Å². The van der Waals surface area contributed by atoms with E-state index in [1.54, 1.807) is 0 Å². The molecule has 1 aromatic carbocycles. The van der Waals surface area contributed by atoms with E-state index in [1.165, 1.54) is 10.9 Å². The van der Waals surface area contributed by atoms with Crippen molar-refractivity contribution in [1.29, 1.82) is 0 Å². The highest BCUT2D eigenvalue weighted by Gasteiger charge is 2.24. The Hall–Kier alpha value is -1.28. The van der Waals surface area contributed by atoms with Crippen LogP contribution in [0, 0.1) is 6.92 Å². The second kappa shape index (κ2) is 5.38. The predicted molar refractivity (Wildman–Crippen MR) is 81.7 cm³/mol. The summed E-state index contributed by atoms with van der Waals surface area (Å²) in [5.41, 5.74) is 2.30. The molecule has 0 aliphatic rings. The fourth-order valence-electron chi connectivity index (χ4n) is 2.34. The lowest BCUT2D eigenvalue weighted by molar-refractivity contribution is 0.365. The first kappa shape index (κ1) is 14.1. The first-order chi connectivity index (χ1) is 8.90. The zero-order chi connectivity index (χ0) is 14.0. The number of para-hydroxylation sites is 1. The SMILES string of the molecule is Cc1cccc2cc(C(C)(C)CCNC(C)C)oc12. The smallest absolute Gasteiger partial charge is 0.137 e. The van der Waals surface area contributed by atoms with Gasteiger partial charge in [0.15, 0.2) is 0 Å². The maximum Gasteiger partial charge on any atom is 0.137 e. The van der Waals surface area contributed by atoms with Gasteiger partial charge in [0.05, 0.1) is 0 Å². The summed E-state index contributed by atoms with van der Waals surface area (Å²) in [6.45, 7) is 12.0. The third-order valence-electron chi connectivity index (χ3n) is 3.71. The summed E-state index contributed by atoms with van der Waals surface area (Å²) in [6, 6.07) is 9.04. The van der Waals surface area contributed by atoms with Crippen molar-refractivity contribution in [3.05, 3.63) is 35.6 Å². The van der Waals surface area contributed by atoms with Gasteiger partial charge in [0, 0.05) is 16.8 Å². The number of furan rings is 1. The first-order valence-electron chi connectivity index (χ1n) is 7.13. The zero-order valence-electron chi connectivity index (χ0n) is 12.7. The number of benzene rings is 1. The van der Waals surface area contributed by atoms with E-state index in [0.717, 1.165) is 24.3 Å². The minimum absolute atomic E-state index is 0.0628. The van der Waals surface area contributed by atoms with Gasteiger partial charge in [0.1, 0.15) is 11.3 Å². The molecule has 1 heterocycles. The van der Waals surface area contributed by atoms with Crippen molar-refractivity contribution in [3.63, 3.8) is 0 Å². The summed E-state index contributed by atoms with van der Waals surface area (Å²) < 4.78 is 6.09. The van der Waals surface area contributed by atoms with E-state index in [9.17, 15) is 0 Å². The number of aryl methyl sites for hydroxylation is 1. The van der Waals surface area contributed by atoms with Crippen molar-refractivity contribution in [2.45, 2.75) is 52.5 Å². The molecule has 0 amide bonds. The third-order valence-corrected chi connectivity index (χ3v) is 3.71. The van der Waals surface area contributed by atoms with Gasteiger partial charge in [-0.2, -0.15) is 0 Å². The Labute approximate surface area is 116 Å². The van der Waals surface area contributed by atoms with Gasteiger partial charge in [-0.1, -0.05) is 45.9 Å². The van der Waals surface area contributed by atoms with Crippen molar-refractivity contribution in [1.82, 2.24) is 5.32 Å². The molecule has 0 atom stereocenters. The monoisotopic (exact) mass is 259 g/mol. The Bertz CT molecular complexity index is 551. The topological polar surface area (TPSA) is 25.2 Å². The maximum atomic E-state index is 6.09. The Kier molecular flexibility index (Phi) is 4.00. The standard InChI is InChI=1S/C17H25NO/c1-12(2)18-10-9-17(4,5)15-11-14-8-6-7-13(3)16(14)19-15/h6-8,11-12,18H,9-10H2,1-5H3. The quantitative estimate of drug-likeness (QED) is 0.860. The number of hydrogen-bond donors (Lipinski definition) is 1. The molecule has 0 spiro atoms. The molecule has 0 aliphatic carbocycles. The van der Waals surface area contributed by atoms with E-state index >= 15 is 0 Å². The Morgan fingerprint density at radius 3 is 2.63 bits per heavy atom. The lowest BCUT2D eigenvalue weighted by Crippen LogP contribution is -2.29. The lowest BCUT2D eigenvalue weighted by Gasteiger charge is -2.22. The number of hydrogen-bond acceptors (Lipinski definition) is 2. The molecular weight excluding hydrogens is 234 g/mol. The minimum Gasteiger partial charge on any atom is -0.460 e. The van der Waals surface area contributed by atoms with Gasteiger partial charge >= 0.3 is 0 Å². The van der Waals surface area contributed by atoms with Crippen LogP contribution in [0.25, 0.3) is 11.0 Å². The van der Waals surface area contributed by atoms with Crippen molar-refractivity contribution in [3.8, 4) is 0 Å². The van der Waals surface area contributed by atoms with Crippen molar-refractivity contribution < 1.29 is 4.42 Å². The molecule has 19 heavy (non-hydrogen) atoms. The highest BCUT2D eigenvalue weighted by Crippen LogP contribution is 2.32.